The van der Waals surface area contributed by atoms with Gasteiger partial charge in [0.1, 0.15) is 0 Å². The molecule has 0 unspecified atom stereocenters. The minimum atomic E-state index is 0. The predicted molar refractivity (Wildman–Crippen MR) is 72.5 cm³/mol. The molecule has 0 aliphatic heterocycles. The summed E-state index contributed by atoms with van der Waals surface area (Å²) in [6.45, 7) is 0. The van der Waals surface area contributed by atoms with Gasteiger partial charge in [-0.05, 0) is 12.8 Å². The van der Waals surface area contributed by atoms with Crippen LogP contribution >= 0.6 is 0 Å². The molecule has 1 heteroatoms. The summed E-state index contributed by atoms with van der Waals surface area (Å²) in [6, 6.07) is 10.7. The molecule has 2 aliphatic carbocycles. The predicted octanol–water partition coefficient (Wildman–Crippen LogP) is 4.38. The van der Waals surface area contributed by atoms with Gasteiger partial charge in [0.25, 0.3) is 0 Å². The summed E-state index contributed by atoms with van der Waals surface area (Å²) >= 11 is 0. The molecule has 0 nitrogen and oxygen atoms in total. The first-order valence-corrected chi connectivity index (χ1v) is 6.09. The normalized spacial score (nSPS) is 16.2. The van der Waals surface area contributed by atoms with Crippen molar-refractivity contribution in [3.05, 3.63) is 89.4 Å². The Bertz CT molecular complexity index is 488. The van der Waals surface area contributed by atoms with E-state index in [2.05, 4.69) is 66.8 Å². The van der Waals surface area contributed by atoms with E-state index >= 15 is 0 Å². The van der Waals surface area contributed by atoms with Gasteiger partial charge in [-0.1, -0.05) is 48.4 Å². The van der Waals surface area contributed by atoms with Gasteiger partial charge in [-0.2, -0.15) is 0 Å². The van der Waals surface area contributed by atoms with E-state index in [9.17, 15) is 0 Å². The van der Waals surface area contributed by atoms with Crippen molar-refractivity contribution < 1.29 is 26.2 Å². The molecule has 0 heterocycles. The number of hydrogen-bond donors (Lipinski definition) is 0. The average molecular weight is 311 g/mol. The number of benzene rings is 1. The van der Waals surface area contributed by atoms with E-state index in [1.54, 1.807) is 0 Å². The van der Waals surface area contributed by atoms with Crippen molar-refractivity contribution in [1.82, 2.24) is 0 Å². The Balaban J connectivity index is 0.00000120. The van der Waals surface area contributed by atoms with Gasteiger partial charge >= 0.3 is 0 Å². The summed E-state index contributed by atoms with van der Waals surface area (Å²) < 4.78 is 0. The van der Waals surface area contributed by atoms with Crippen molar-refractivity contribution in [2.75, 3.05) is 0 Å². The Morgan fingerprint density at radius 2 is 1.33 bits per heavy atom. The van der Waals surface area contributed by atoms with E-state index in [0.717, 1.165) is 12.8 Å². The maximum Gasteiger partial charge on any atom is 0 e. The molecule has 1 aromatic carbocycles. The summed E-state index contributed by atoms with van der Waals surface area (Å²) in [4.78, 5) is 0. The molecule has 0 spiro atoms. The van der Waals surface area contributed by atoms with Crippen molar-refractivity contribution in [1.29, 1.82) is 0 Å². The molecule has 3 rings (SSSR count). The zero-order chi connectivity index (χ0) is 11.5. The van der Waals surface area contributed by atoms with Crippen LogP contribution in [-0.4, -0.2) is 0 Å². The minimum Gasteiger partial charge on any atom is -0.118 e. The number of allylic oxidation sites excluding steroid dienone is 8. The summed E-state index contributed by atoms with van der Waals surface area (Å²) in [5.74, 6) is 1.42. The topological polar surface area (TPSA) is 0 Å². The monoisotopic (exact) mass is 309 g/mol. The van der Waals surface area contributed by atoms with Gasteiger partial charge in [0.15, 0.2) is 0 Å². The van der Waals surface area contributed by atoms with Crippen molar-refractivity contribution in [3.63, 3.8) is 0 Å². The zero-order valence-corrected chi connectivity index (χ0v) is 12.7. The van der Waals surface area contributed by atoms with Gasteiger partial charge in [0.2, 0.25) is 0 Å². The van der Waals surface area contributed by atoms with Gasteiger partial charge in [0, 0.05) is 26.2 Å². The fourth-order valence-corrected chi connectivity index (χ4v) is 2.45. The fraction of sp³-hybridized carbons (Fsp3) is 0.118. The van der Waals surface area contributed by atoms with Crippen molar-refractivity contribution in [3.8, 4) is 0 Å². The smallest absolute Gasteiger partial charge is 0 e. The third-order valence-corrected chi connectivity index (χ3v) is 3.25. The van der Waals surface area contributed by atoms with Crippen LogP contribution in [0.25, 0.3) is 0 Å². The third-order valence-electron chi connectivity index (χ3n) is 3.25. The summed E-state index contributed by atoms with van der Waals surface area (Å²) in [6.07, 6.45) is 15.3. The quantitative estimate of drug-likeness (QED) is 0.727. The van der Waals surface area contributed by atoms with Crippen LogP contribution in [0.4, 0.5) is 0 Å². The van der Waals surface area contributed by atoms with Crippen LogP contribution in [0, 0.1) is 5.92 Å². The van der Waals surface area contributed by atoms with Crippen LogP contribution in [0.15, 0.2) is 77.9 Å². The summed E-state index contributed by atoms with van der Waals surface area (Å²) in [7, 11) is 0. The van der Waals surface area contributed by atoms with Crippen molar-refractivity contribution in [2.24, 2.45) is 0 Å². The van der Waals surface area contributed by atoms with Gasteiger partial charge in [-0.15, -0.1) is 41.0 Å². The van der Waals surface area contributed by atoms with Crippen molar-refractivity contribution in [2.45, 2.75) is 12.8 Å². The molecule has 88 valence electrons. The summed E-state index contributed by atoms with van der Waals surface area (Å²) in [5.41, 5.74) is 4.20. The van der Waals surface area contributed by atoms with Crippen LogP contribution in [0.2, 0.25) is 0 Å². The standard InChI is InChI=1S/C17H15.Zr/c1-2-8-14(9-3-1)17(15-10-4-5-11-15)16-12-6-7-13-16;/h1-10,12H,11,13H2;/q-1;. The molecule has 0 N–H and O–H groups in total. The fourth-order valence-electron chi connectivity index (χ4n) is 2.45. The van der Waals surface area contributed by atoms with E-state index in [1.165, 1.54) is 22.6 Å². The van der Waals surface area contributed by atoms with Gasteiger partial charge in [0.05, 0.1) is 0 Å². The van der Waals surface area contributed by atoms with Crippen LogP contribution < -0.4 is 0 Å². The Kier molecular flexibility index (Phi) is 4.61. The Labute approximate surface area is 128 Å². The van der Waals surface area contributed by atoms with E-state index in [-0.39, 0.29) is 26.2 Å². The molecule has 18 heavy (non-hydrogen) atoms. The second-order valence-corrected chi connectivity index (χ2v) is 4.39. The first kappa shape index (κ1) is 13.4. The SMILES string of the molecule is C1=CCC([C-](C2=CC=CC2)c2ccccc2)=C1.[Zr]. The van der Waals surface area contributed by atoms with Gasteiger partial charge < -0.3 is 0 Å². The molecule has 0 amide bonds. The van der Waals surface area contributed by atoms with E-state index in [4.69, 9.17) is 0 Å². The van der Waals surface area contributed by atoms with Crippen molar-refractivity contribution >= 4 is 0 Å². The molecule has 0 aromatic heterocycles. The van der Waals surface area contributed by atoms with Crippen LogP contribution in [0.1, 0.15) is 18.4 Å². The average Bonchev–Trinajstić information content (AvgIpc) is 3.04. The molecule has 0 atom stereocenters. The van der Waals surface area contributed by atoms with E-state index in [0.29, 0.717) is 0 Å². The maximum absolute atomic E-state index is 2.24. The van der Waals surface area contributed by atoms with E-state index < -0.39 is 0 Å². The minimum absolute atomic E-state index is 0. The van der Waals surface area contributed by atoms with Gasteiger partial charge in [-0.3, -0.25) is 0 Å². The van der Waals surface area contributed by atoms with Gasteiger partial charge in [-0.25, -0.2) is 0 Å². The largest absolute Gasteiger partial charge is 0.118 e. The molecular weight excluding hydrogens is 295 g/mol. The summed E-state index contributed by atoms with van der Waals surface area (Å²) in [5, 5.41) is 0. The Hall–Kier alpha value is -1.07. The molecule has 1 aromatic rings. The molecular formula is C17H15Zr-. The molecule has 0 saturated heterocycles. The Morgan fingerprint density at radius 1 is 0.778 bits per heavy atom. The molecule has 2 aliphatic rings. The number of hydrogen-bond acceptors (Lipinski definition) is 0. The second kappa shape index (κ2) is 6.20. The first-order valence-electron chi connectivity index (χ1n) is 6.09. The molecule has 0 radical (unpaired) electrons. The van der Waals surface area contributed by atoms with Crippen LogP contribution in [-0.2, 0) is 26.2 Å². The first-order chi connectivity index (χ1) is 8.45. The number of rotatable bonds is 3. The molecule has 0 saturated carbocycles. The third kappa shape index (κ3) is 2.67. The maximum atomic E-state index is 2.24. The molecule has 0 fully saturated rings. The Morgan fingerprint density at radius 3 is 1.78 bits per heavy atom. The zero-order valence-electron chi connectivity index (χ0n) is 10.3. The van der Waals surface area contributed by atoms with E-state index in [1.807, 2.05) is 0 Å². The molecule has 0 bridgehead atoms. The second-order valence-electron chi connectivity index (χ2n) is 4.39. The van der Waals surface area contributed by atoms with Crippen LogP contribution in [0.5, 0.6) is 0 Å². The van der Waals surface area contributed by atoms with Crippen LogP contribution in [0.3, 0.4) is 0 Å².